The zero-order valence-electron chi connectivity index (χ0n) is 13.7. The van der Waals surface area contributed by atoms with Gasteiger partial charge in [0.05, 0.1) is 5.69 Å². The Morgan fingerprint density at radius 3 is 2.24 bits per heavy atom. The molecule has 1 heterocycles. The second kappa shape index (κ2) is 6.30. The molecule has 1 aliphatic heterocycles. The summed E-state index contributed by atoms with van der Waals surface area (Å²) in [5.74, 6) is -0.631. The van der Waals surface area contributed by atoms with Gasteiger partial charge >= 0.3 is 0 Å². The molecule has 0 spiro atoms. The molecule has 2 rings (SSSR count). The van der Waals surface area contributed by atoms with Gasteiger partial charge in [0.2, 0.25) is 0 Å². The van der Waals surface area contributed by atoms with E-state index in [0.717, 1.165) is 19.6 Å². The summed E-state index contributed by atoms with van der Waals surface area (Å²) < 4.78 is 28.5. The van der Waals surface area contributed by atoms with E-state index in [9.17, 15) is 8.78 Å². The Kier molecular flexibility index (Phi) is 4.87. The van der Waals surface area contributed by atoms with Crippen LogP contribution in [-0.2, 0) is 0 Å². The first-order chi connectivity index (χ1) is 9.81. The minimum Gasteiger partial charge on any atom is -0.364 e. The molecule has 0 radical (unpaired) electrons. The normalized spacial score (nSPS) is 20.6. The van der Waals surface area contributed by atoms with Crippen LogP contribution in [0.4, 0.5) is 14.5 Å². The third kappa shape index (κ3) is 3.37. The SMILES string of the molecule is CC(C)c1cc(F)c(N2CCN(C(C)C)C[C@@H]2C)cc1F. The molecule has 1 aliphatic rings. The van der Waals surface area contributed by atoms with Crippen molar-refractivity contribution in [2.75, 3.05) is 24.5 Å². The van der Waals surface area contributed by atoms with Crippen LogP contribution in [0.15, 0.2) is 12.1 Å². The van der Waals surface area contributed by atoms with Crippen molar-refractivity contribution in [2.24, 2.45) is 0 Å². The summed E-state index contributed by atoms with van der Waals surface area (Å²) in [6.07, 6.45) is 0. The Morgan fingerprint density at radius 2 is 1.71 bits per heavy atom. The van der Waals surface area contributed by atoms with Crippen LogP contribution in [0.3, 0.4) is 0 Å². The maximum Gasteiger partial charge on any atom is 0.146 e. The first-order valence-corrected chi connectivity index (χ1v) is 7.81. The van der Waals surface area contributed by atoms with Crippen LogP contribution in [-0.4, -0.2) is 36.6 Å². The van der Waals surface area contributed by atoms with Crippen molar-refractivity contribution < 1.29 is 8.78 Å². The Morgan fingerprint density at radius 1 is 1.05 bits per heavy atom. The van der Waals surface area contributed by atoms with Crippen molar-refractivity contribution in [3.63, 3.8) is 0 Å². The van der Waals surface area contributed by atoms with Gasteiger partial charge < -0.3 is 4.90 Å². The number of piperazine rings is 1. The van der Waals surface area contributed by atoms with Gasteiger partial charge in [0.1, 0.15) is 11.6 Å². The molecule has 1 atom stereocenters. The van der Waals surface area contributed by atoms with E-state index in [1.807, 2.05) is 18.7 Å². The van der Waals surface area contributed by atoms with Crippen LogP contribution in [0.5, 0.6) is 0 Å². The fourth-order valence-electron chi connectivity index (χ4n) is 3.03. The molecule has 0 aromatic heterocycles. The van der Waals surface area contributed by atoms with E-state index >= 15 is 0 Å². The molecule has 4 heteroatoms. The van der Waals surface area contributed by atoms with E-state index in [0.29, 0.717) is 17.3 Å². The van der Waals surface area contributed by atoms with E-state index in [1.165, 1.54) is 12.1 Å². The topological polar surface area (TPSA) is 6.48 Å². The maximum atomic E-state index is 14.4. The second-order valence-corrected chi connectivity index (χ2v) is 6.61. The highest BCUT2D eigenvalue weighted by atomic mass is 19.1. The maximum absolute atomic E-state index is 14.4. The number of hydrogen-bond donors (Lipinski definition) is 0. The van der Waals surface area contributed by atoms with Crippen LogP contribution >= 0.6 is 0 Å². The molecular weight excluding hydrogens is 270 g/mol. The predicted molar refractivity (Wildman–Crippen MR) is 84.0 cm³/mol. The molecule has 2 nitrogen and oxygen atoms in total. The van der Waals surface area contributed by atoms with E-state index < -0.39 is 0 Å². The van der Waals surface area contributed by atoms with Crippen LogP contribution in [0.2, 0.25) is 0 Å². The smallest absolute Gasteiger partial charge is 0.146 e. The van der Waals surface area contributed by atoms with E-state index in [4.69, 9.17) is 0 Å². The Hall–Kier alpha value is -1.16. The number of benzene rings is 1. The summed E-state index contributed by atoms with van der Waals surface area (Å²) in [5, 5.41) is 0. The van der Waals surface area contributed by atoms with Crippen LogP contribution in [0.1, 0.15) is 46.1 Å². The van der Waals surface area contributed by atoms with Crippen molar-refractivity contribution in [3.8, 4) is 0 Å². The lowest BCUT2D eigenvalue weighted by molar-refractivity contribution is 0.185. The molecule has 0 saturated carbocycles. The van der Waals surface area contributed by atoms with Gasteiger partial charge in [-0.15, -0.1) is 0 Å². The van der Waals surface area contributed by atoms with E-state index in [1.54, 1.807) is 0 Å². The lowest BCUT2D eigenvalue weighted by atomic mass is 10.0. The van der Waals surface area contributed by atoms with Gasteiger partial charge in [0.25, 0.3) is 0 Å². The monoisotopic (exact) mass is 296 g/mol. The molecule has 1 saturated heterocycles. The molecule has 0 bridgehead atoms. The lowest BCUT2D eigenvalue weighted by Gasteiger charge is -2.43. The summed E-state index contributed by atoms with van der Waals surface area (Å²) in [4.78, 5) is 4.36. The third-order valence-electron chi connectivity index (χ3n) is 4.39. The van der Waals surface area contributed by atoms with Crippen molar-refractivity contribution in [3.05, 3.63) is 29.3 Å². The standard InChI is InChI=1S/C17H26F2N2/c1-11(2)14-8-16(19)17(9-15(14)18)21-7-6-20(12(3)4)10-13(21)5/h8-9,11-13H,6-7,10H2,1-5H3/t13-/m0/s1. The summed E-state index contributed by atoms with van der Waals surface area (Å²) in [5.41, 5.74) is 0.845. The third-order valence-corrected chi connectivity index (χ3v) is 4.39. The highest BCUT2D eigenvalue weighted by Crippen LogP contribution is 2.29. The minimum atomic E-state index is -0.315. The first kappa shape index (κ1) is 16.2. The average molecular weight is 296 g/mol. The van der Waals surface area contributed by atoms with E-state index in [2.05, 4.69) is 25.7 Å². The van der Waals surface area contributed by atoms with Crippen LogP contribution in [0.25, 0.3) is 0 Å². The molecule has 1 fully saturated rings. The highest BCUT2D eigenvalue weighted by Gasteiger charge is 2.27. The number of halogens is 2. The zero-order chi connectivity index (χ0) is 15.7. The second-order valence-electron chi connectivity index (χ2n) is 6.61. The molecule has 0 N–H and O–H groups in total. The van der Waals surface area contributed by atoms with Gasteiger partial charge in [-0.2, -0.15) is 0 Å². The number of hydrogen-bond acceptors (Lipinski definition) is 2. The largest absolute Gasteiger partial charge is 0.364 e. The molecular formula is C17H26F2N2. The van der Waals surface area contributed by atoms with Gasteiger partial charge in [-0.1, -0.05) is 13.8 Å². The summed E-state index contributed by atoms with van der Waals surface area (Å²) in [7, 11) is 0. The fourth-order valence-corrected chi connectivity index (χ4v) is 3.03. The fraction of sp³-hybridized carbons (Fsp3) is 0.647. The Bertz CT molecular complexity index is 500. The summed E-state index contributed by atoms with van der Waals surface area (Å²) >= 11 is 0. The van der Waals surface area contributed by atoms with Crippen molar-refractivity contribution in [2.45, 2.75) is 52.6 Å². The molecule has 0 aliphatic carbocycles. The zero-order valence-corrected chi connectivity index (χ0v) is 13.7. The van der Waals surface area contributed by atoms with Gasteiger partial charge in [-0.3, -0.25) is 4.90 Å². The quantitative estimate of drug-likeness (QED) is 0.831. The number of nitrogens with zero attached hydrogens (tertiary/aromatic N) is 2. The Balaban J connectivity index is 2.25. The van der Waals surface area contributed by atoms with Crippen LogP contribution < -0.4 is 4.90 Å². The number of anilines is 1. The first-order valence-electron chi connectivity index (χ1n) is 7.81. The highest BCUT2D eigenvalue weighted by molar-refractivity contribution is 5.51. The summed E-state index contributed by atoms with van der Waals surface area (Å²) in [6, 6.07) is 3.39. The van der Waals surface area contributed by atoms with Gasteiger partial charge in [0.15, 0.2) is 0 Å². The van der Waals surface area contributed by atoms with Gasteiger partial charge in [-0.25, -0.2) is 8.78 Å². The average Bonchev–Trinajstić information content (AvgIpc) is 2.40. The summed E-state index contributed by atoms with van der Waals surface area (Å²) in [6.45, 7) is 12.7. The molecule has 0 amide bonds. The minimum absolute atomic E-state index is 0.0104. The Labute approximate surface area is 126 Å². The predicted octanol–water partition coefficient (Wildman–Crippen LogP) is 4.01. The van der Waals surface area contributed by atoms with Crippen LogP contribution in [0, 0.1) is 11.6 Å². The van der Waals surface area contributed by atoms with Gasteiger partial charge in [-0.05, 0) is 38.3 Å². The lowest BCUT2D eigenvalue weighted by Crippen LogP contribution is -2.54. The van der Waals surface area contributed by atoms with E-state index in [-0.39, 0.29) is 23.6 Å². The van der Waals surface area contributed by atoms with Crippen molar-refractivity contribution in [1.82, 2.24) is 4.90 Å². The van der Waals surface area contributed by atoms with Crippen molar-refractivity contribution >= 4 is 5.69 Å². The molecule has 21 heavy (non-hydrogen) atoms. The number of rotatable bonds is 3. The molecule has 1 aromatic rings. The van der Waals surface area contributed by atoms with Crippen molar-refractivity contribution in [1.29, 1.82) is 0 Å². The molecule has 0 unspecified atom stereocenters. The van der Waals surface area contributed by atoms with Gasteiger partial charge in [0, 0.05) is 37.8 Å². The molecule has 1 aromatic carbocycles. The molecule has 118 valence electrons.